The molecular formula is C14H18N2O3S2. The van der Waals surface area contributed by atoms with E-state index in [1.807, 2.05) is 13.8 Å². The highest BCUT2D eigenvalue weighted by atomic mass is 32.2. The molecule has 2 rings (SSSR count). The fourth-order valence-corrected chi connectivity index (χ4v) is 3.71. The summed E-state index contributed by atoms with van der Waals surface area (Å²) >= 11 is 1.46. The van der Waals surface area contributed by atoms with Crippen LogP contribution in [0, 0.1) is 6.92 Å². The molecule has 7 heteroatoms. The molecule has 0 spiro atoms. The van der Waals surface area contributed by atoms with Gasteiger partial charge in [0.15, 0.2) is 0 Å². The zero-order valence-electron chi connectivity index (χ0n) is 11.9. The zero-order chi connectivity index (χ0) is 15.5. The van der Waals surface area contributed by atoms with E-state index in [0.29, 0.717) is 12.0 Å². The molecule has 0 bridgehead atoms. The SMILES string of the molecule is CCC(O)c1cccc(S(=O)(=O)NCc2ncc(C)s2)c1. The minimum absolute atomic E-state index is 0.153. The van der Waals surface area contributed by atoms with E-state index in [1.54, 1.807) is 18.3 Å². The lowest BCUT2D eigenvalue weighted by Gasteiger charge is -2.10. The van der Waals surface area contributed by atoms with Gasteiger partial charge in [0.05, 0.1) is 17.5 Å². The van der Waals surface area contributed by atoms with Crippen LogP contribution < -0.4 is 4.72 Å². The Kier molecular flexibility index (Phi) is 5.10. The molecule has 21 heavy (non-hydrogen) atoms. The molecule has 1 atom stereocenters. The van der Waals surface area contributed by atoms with Crippen LogP contribution in [0.1, 0.15) is 34.9 Å². The summed E-state index contributed by atoms with van der Waals surface area (Å²) in [5.41, 5.74) is 0.602. The molecule has 0 aliphatic rings. The summed E-state index contributed by atoms with van der Waals surface area (Å²) in [7, 11) is -3.61. The first-order valence-corrected chi connectivity index (χ1v) is 8.91. The normalized spacial score (nSPS) is 13.3. The molecule has 1 aromatic heterocycles. The molecule has 114 valence electrons. The Morgan fingerprint density at radius 1 is 1.43 bits per heavy atom. The Morgan fingerprint density at radius 2 is 2.19 bits per heavy atom. The number of aliphatic hydroxyl groups is 1. The van der Waals surface area contributed by atoms with E-state index in [4.69, 9.17) is 0 Å². The van der Waals surface area contributed by atoms with Crippen molar-refractivity contribution in [3.8, 4) is 0 Å². The predicted molar refractivity (Wildman–Crippen MR) is 82.6 cm³/mol. The topological polar surface area (TPSA) is 79.3 Å². The fourth-order valence-electron chi connectivity index (χ4n) is 1.85. The third kappa shape index (κ3) is 4.10. The number of hydrogen-bond acceptors (Lipinski definition) is 5. The molecule has 1 heterocycles. The number of rotatable bonds is 6. The summed E-state index contributed by atoms with van der Waals surface area (Å²) in [6, 6.07) is 6.37. The Labute approximate surface area is 128 Å². The first-order valence-electron chi connectivity index (χ1n) is 6.61. The molecular weight excluding hydrogens is 308 g/mol. The second kappa shape index (κ2) is 6.65. The highest BCUT2D eigenvalue weighted by Gasteiger charge is 2.16. The van der Waals surface area contributed by atoms with Crippen LogP contribution in [0.5, 0.6) is 0 Å². The molecule has 1 unspecified atom stereocenters. The number of nitrogens with one attached hydrogen (secondary N) is 1. The van der Waals surface area contributed by atoms with Gasteiger partial charge in [-0.05, 0) is 31.0 Å². The predicted octanol–water partition coefficient (Wildman–Crippen LogP) is 2.37. The van der Waals surface area contributed by atoms with Crippen molar-refractivity contribution >= 4 is 21.4 Å². The molecule has 0 amide bonds. The molecule has 0 saturated heterocycles. The van der Waals surface area contributed by atoms with Crippen molar-refractivity contribution in [2.45, 2.75) is 37.8 Å². The van der Waals surface area contributed by atoms with E-state index in [2.05, 4.69) is 9.71 Å². The van der Waals surface area contributed by atoms with E-state index in [1.165, 1.54) is 23.5 Å². The molecule has 0 aliphatic heterocycles. The van der Waals surface area contributed by atoms with Crippen molar-refractivity contribution in [2.75, 3.05) is 0 Å². The zero-order valence-corrected chi connectivity index (χ0v) is 13.5. The largest absolute Gasteiger partial charge is 0.388 e. The number of hydrogen-bond donors (Lipinski definition) is 2. The van der Waals surface area contributed by atoms with Gasteiger partial charge in [0.25, 0.3) is 0 Å². The van der Waals surface area contributed by atoms with Crippen LogP contribution in [-0.4, -0.2) is 18.5 Å². The van der Waals surface area contributed by atoms with E-state index in [-0.39, 0.29) is 11.4 Å². The molecule has 2 N–H and O–H groups in total. The monoisotopic (exact) mass is 326 g/mol. The number of aromatic nitrogens is 1. The number of nitrogens with zero attached hydrogens (tertiary/aromatic N) is 1. The summed E-state index contributed by atoms with van der Waals surface area (Å²) < 4.78 is 27.0. The van der Waals surface area contributed by atoms with Gasteiger partial charge in [-0.15, -0.1) is 11.3 Å². The first-order chi connectivity index (χ1) is 9.92. The standard InChI is InChI=1S/C14H18N2O3S2/c1-3-13(17)11-5-4-6-12(7-11)21(18,19)16-9-14-15-8-10(2)20-14/h4-8,13,16-17H,3,9H2,1-2H3. The van der Waals surface area contributed by atoms with Crippen LogP contribution in [0.3, 0.4) is 0 Å². The number of aliphatic hydroxyl groups excluding tert-OH is 1. The lowest BCUT2D eigenvalue weighted by atomic mass is 10.1. The Hall–Kier alpha value is -1.28. The maximum Gasteiger partial charge on any atom is 0.240 e. The maximum absolute atomic E-state index is 12.3. The van der Waals surface area contributed by atoms with Crippen molar-refractivity contribution in [1.29, 1.82) is 0 Å². The van der Waals surface area contributed by atoms with Crippen molar-refractivity contribution in [3.63, 3.8) is 0 Å². The molecule has 0 radical (unpaired) electrons. The molecule has 1 aromatic carbocycles. The quantitative estimate of drug-likeness (QED) is 0.854. The van der Waals surface area contributed by atoms with E-state index < -0.39 is 16.1 Å². The van der Waals surface area contributed by atoms with Crippen molar-refractivity contribution in [2.24, 2.45) is 0 Å². The minimum atomic E-state index is -3.61. The highest BCUT2D eigenvalue weighted by molar-refractivity contribution is 7.89. The smallest absolute Gasteiger partial charge is 0.240 e. The van der Waals surface area contributed by atoms with Gasteiger partial charge < -0.3 is 5.11 Å². The van der Waals surface area contributed by atoms with E-state index in [9.17, 15) is 13.5 Å². The van der Waals surface area contributed by atoms with Gasteiger partial charge in [0.2, 0.25) is 10.0 Å². The summed E-state index contributed by atoms with van der Waals surface area (Å²) in [5.74, 6) is 0. The van der Waals surface area contributed by atoms with Gasteiger partial charge in [-0.1, -0.05) is 19.1 Å². The summed E-state index contributed by atoms with van der Waals surface area (Å²) in [5, 5.41) is 10.5. The van der Waals surface area contributed by atoms with Crippen LogP contribution in [-0.2, 0) is 16.6 Å². The number of aryl methyl sites for hydroxylation is 1. The Bertz CT molecular complexity index is 711. The van der Waals surface area contributed by atoms with E-state index in [0.717, 1.165) is 9.88 Å². The Morgan fingerprint density at radius 3 is 2.81 bits per heavy atom. The lowest BCUT2D eigenvalue weighted by molar-refractivity contribution is 0.173. The number of benzene rings is 1. The van der Waals surface area contributed by atoms with Gasteiger partial charge in [0.1, 0.15) is 5.01 Å². The number of thiazole rings is 1. The van der Waals surface area contributed by atoms with Crippen LogP contribution in [0.4, 0.5) is 0 Å². The van der Waals surface area contributed by atoms with E-state index >= 15 is 0 Å². The fraction of sp³-hybridized carbons (Fsp3) is 0.357. The lowest BCUT2D eigenvalue weighted by Crippen LogP contribution is -2.23. The first kappa shape index (κ1) is 16.1. The van der Waals surface area contributed by atoms with Crippen LogP contribution in [0.25, 0.3) is 0 Å². The van der Waals surface area contributed by atoms with Gasteiger partial charge in [-0.25, -0.2) is 18.1 Å². The maximum atomic E-state index is 12.3. The van der Waals surface area contributed by atoms with Gasteiger partial charge >= 0.3 is 0 Å². The number of sulfonamides is 1. The van der Waals surface area contributed by atoms with Crippen molar-refractivity contribution in [3.05, 3.63) is 45.9 Å². The summed E-state index contributed by atoms with van der Waals surface area (Å²) in [6.07, 6.45) is 1.60. The third-order valence-corrected chi connectivity index (χ3v) is 5.33. The molecule has 0 aliphatic carbocycles. The summed E-state index contributed by atoms with van der Waals surface area (Å²) in [6.45, 7) is 3.93. The molecule has 0 fully saturated rings. The van der Waals surface area contributed by atoms with Crippen molar-refractivity contribution in [1.82, 2.24) is 9.71 Å². The van der Waals surface area contributed by atoms with Crippen LogP contribution >= 0.6 is 11.3 Å². The molecule has 5 nitrogen and oxygen atoms in total. The van der Waals surface area contributed by atoms with Crippen LogP contribution in [0.15, 0.2) is 35.4 Å². The van der Waals surface area contributed by atoms with Gasteiger partial charge in [-0.3, -0.25) is 0 Å². The van der Waals surface area contributed by atoms with Gasteiger partial charge in [0, 0.05) is 11.1 Å². The van der Waals surface area contributed by atoms with Crippen molar-refractivity contribution < 1.29 is 13.5 Å². The van der Waals surface area contributed by atoms with Gasteiger partial charge in [-0.2, -0.15) is 0 Å². The Balaban J connectivity index is 2.15. The highest BCUT2D eigenvalue weighted by Crippen LogP contribution is 2.20. The van der Waals surface area contributed by atoms with Crippen LogP contribution in [0.2, 0.25) is 0 Å². The molecule has 2 aromatic rings. The average Bonchev–Trinajstić information content (AvgIpc) is 2.90. The molecule has 0 saturated carbocycles. The second-order valence-corrected chi connectivity index (χ2v) is 7.77. The average molecular weight is 326 g/mol. The summed E-state index contributed by atoms with van der Waals surface area (Å²) in [4.78, 5) is 5.32. The minimum Gasteiger partial charge on any atom is -0.388 e. The second-order valence-electron chi connectivity index (χ2n) is 4.69. The third-order valence-electron chi connectivity index (χ3n) is 3.02.